The summed E-state index contributed by atoms with van der Waals surface area (Å²) < 4.78 is 41.1. The van der Waals surface area contributed by atoms with Crippen molar-refractivity contribution < 1.29 is 22.8 Å². The smallest absolute Gasteiger partial charge is 0.281 e. The van der Waals surface area contributed by atoms with Crippen LogP contribution in [0.1, 0.15) is 53.7 Å². The van der Waals surface area contributed by atoms with Gasteiger partial charge in [-0.3, -0.25) is 14.6 Å². The zero-order valence-electron chi connectivity index (χ0n) is 22.0. The van der Waals surface area contributed by atoms with Crippen LogP contribution >= 0.6 is 11.6 Å². The number of nitrogen functional groups attached to an aromatic ring is 1. The molecule has 12 heteroatoms. The van der Waals surface area contributed by atoms with Crippen LogP contribution in [0.25, 0.3) is 0 Å². The number of anilines is 3. The molecule has 1 aliphatic carbocycles. The van der Waals surface area contributed by atoms with E-state index in [-0.39, 0.29) is 28.5 Å². The van der Waals surface area contributed by atoms with Crippen LogP contribution in [-0.2, 0) is 10.2 Å². The fourth-order valence-electron chi connectivity index (χ4n) is 6.27. The molecular formula is C29H28ClF3N6O2. The first-order valence-electron chi connectivity index (χ1n) is 13.5. The molecule has 0 atom stereocenters. The molecule has 214 valence electrons. The van der Waals surface area contributed by atoms with Crippen LogP contribution in [0, 0.1) is 11.7 Å². The number of rotatable bonds is 6. The Morgan fingerprint density at radius 2 is 1.85 bits per heavy atom. The minimum atomic E-state index is -2.90. The number of nitrogens with two attached hydrogens (primary N) is 1. The predicted molar refractivity (Wildman–Crippen MR) is 149 cm³/mol. The monoisotopic (exact) mass is 584 g/mol. The molecule has 0 bridgehead atoms. The Labute approximate surface area is 239 Å². The number of benzene rings is 1. The second kappa shape index (κ2) is 10.5. The van der Waals surface area contributed by atoms with Gasteiger partial charge in [0.2, 0.25) is 5.91 Å². The molecule has 3 aliphatic rings. The Morgan fingerprint density at radius 1 is 1.10 bits per heavy atom. The molecule has 0 unspecified atom stereocenters. The molecule has 1 aromatic carbocycles. The van der Waals surface area contributed by atoms with Gasteiger partial charge in [-0.15, -0.1) is 0 Å². The van der Waals surface area contributed by atoms with E-state index in [1.54, 1.807) is 23.2 Å². The molecular weight excluding hydrogens is 557 g/mol. The van der Waals surface area contributed by atoms with Gasteiger partial charge >= 0.3 is 0 Å². The summed E-state index contributed by atoms with van der Waals surface area (Å²) in [5, 5.41) is 2.94. The first-order valence-corrected chi connectivity index (χ1v) is 13.9. The Morgan fingerprint density at radius 3 is 2.54 bits per heavy atom. The number of nitrogens with one attached hydrogen (secondary N) is 1. The third-order valence-corrected chi connectivity index (χ3v) is 8.60. The third-order valence-electron chi connectivity index (χ3n) is 8.40. The normalized spacial score (nSPS) is 21.2. The number of carbonyl (C=O) groups is 2. The van der Waals surface area contributed by atoms with Crippen LogP contribution in [0.5, 0.6) is 0 Å². The van der Waals surface area contributed by atoms with E-state index in [1.165, 1.54) is 18.2 Å². The van der Waals surface area contributed by atoms with Gasteiger partial charge in [-0.1, -0.05) is 17.7 Å². The van der Waals surface area contributed by atoms with Crippen molar-refractivity contribution in [2.75, 3.05) is 35.2 Å². The summed E-state index contributed by atoms with van der Waals surface area (Å²) in [5.74, 6) is -0.217. The van der Waals surface area contributed by atoms with Crippen LogP contribution in [0.15, 0.2) is 48.8 Å². The topological polar surface area (TPSA) is 104 Å². The Hall–Kier alpha value is -3.86. The molecule has 2 aliphatic heterocycles. The molecule has 0 radical (unpaired) electrons. The molecule has 3 N–H and O–H groups in total. The van der Waals surface area contributed by atoms with E-state index >= 15 is 0 Å². The van der Waals surface area contributed by atoms with Crippen LogP contribution in [-0.4, -0.2) is 47.5 Å². The molecule has 6 rings (SSSR count). The Bertz CT molecular complexity index is 1490. The van der Waals surface area contributed by atoms with Crippen molar-refractivity contribution in [1.82, 2.24) is 15.3 Å². The lowest BCUT2D eigenvalue weighted by molar-refractivity contribution is -0.124. The van der Waals surface area contributed by atoms with E-state index in [0.717, 1.165) is 17.6 Å². The second-order valence-corrected chi connectivity index (χ2v) is 11.5. The van der Waals surface area contributed by atoms with Crippen molar-refractivity contribution >= 4 is 40.6 Å². The van der Waals surface area contributed by atoms with Crippen molar-refractivity contribution in [2.24, 2.45) is 5.92 Å². The van der Waals surface area contributed by atoms with Crippen molar-refractivity contribution in [2.45, 2.75) is 43.6 Å². The standard InChI is InChI=1S/C29H28ClF3N6O2/c30-17-9-21(25(26(32)33)36-11-17)27(40)37-20-5-1-16(2-6-20)13-39-23-10-18(31)3-7-22(23)29(28(39)41)14-38(15-29)24-8-4-19(34)12-35-24/h3-4,7-12,16,20,26H,1-2,5-6,13-15,34H2,(H,37,40). The van der Waals surface area contributed by atoms with E-state index < -0.39 is 29.3 Å². The third kappa shape index (κ3) is 4.96. The van der Waals surface area contributed by atoms with Crippen molar-refractivity contribution in [3.8, 4) is 0 Å². The summed E-state index contributed by atoms with van der Waals surface area (Å²) in [6.07, 6.45) is 2.43. The van der Waals surface area contributed by atoms with Gasteiger partial charge in [0.05, 0.1) is 28.2 Å². The van der Waals surface area contributed by atoms with Crippen molar-refractivity contribution in [3.05, 3.63) is 76.5 Å². The zero-order chi connectivity index (χ0) is 28.9. The van der Waals surface area contributed by atoms with Gasteiger partial charge in [0, 0.05) is 31.9 Å². The lowest BCUT2D eigenvalue weighted by atomic mass is 9.74. The Kier molecular flexibility index (Phi) is 7.01. The van der Waals surface area contributed by atoms with Gasteiger partial charge in [0.1, 0.15) is 22.7 Å². The highest BCUT2D eigenvalue weighted by Crippen LogP contribution is 2.49. The SMILES string of the molecule is Nc1ccc(N2CC3(C2)C(=O)N(CC2CCC(NC(=O)c4cc(Cl)cnc4C(F)F)CC2)c2cc(F)ccc23)nc1. The summed E-state index contributed by atoms with van der Waals surface area (Å²) in [5.41, 5.74) is 6.14. The minimum absolute atomic E-state index is 0.0480. The summed E-state index contributed by atoms with van der Waals surface area (Å²) in [6.45, 7) is 1.32. The van der Waals surface area contributed by atoms with Crippen LogP contribution in [0.2, 0.25) is 5.02 Å². The Balaban J connectivity index is 1.11. The summed E-state index contributed by atoms with van der Waals surface area (Å²) in [6, 6.07) is 9.11. The molecule has 2 aromatic heterocycles. The number of aromatic nitrogens is 2. The van der Waals surface area contributed by atoms with E-state index in [2.05, 4.69) is 15.3 Å². The summed E-state index contributed by atoms with van der Waals surface area (Å²) in [4.78, 5) is 38.3. The molecule has 1 saturated heterocycles. The molecule has 1 saturated carbocycles. The molecule has 2 amide bonds. The maximum absolute atomic E-state index is 14.3. The summed E-state index contributed by atoms with van der Waals surface area (Å²) in [7, 11) is 0. The molecule has 8 nitrogen and oxygen atoms in total. The number of carbonyl (C=O) groups excluding carboxylic acids is 2. The number of alkyl halides is 2. The van der Waals surface area contributed by atoms with Gasteiger partial charge < -0.3 is 20.9 Å². The highest BCUT2D eigenvalue weighted by Gasteiger charge is 2.58. The molecule has 1 spiro atoms. The molecule has 41 heavy (non-hydrogen) atoms. The maximum atomic E-state index is 14.3. The maximum Gasteiger partial charge on any atom is 0.281 e. The fraction of sp³-hybridized carbons (Fsp3) is 0.379. The first-order chi connectivity index (χ1) is 19.6. The summed E-state index contributed by atoms with van der Waals surface area (Å²) >= 11 is 5.89. The number of halogens is 4. The second-order valence-electron chi connectivity index (χ2n) is 11.0. The van der Waals surface area contributed by atoms with Crippen LogP contribution in [0.4, 0.5) is 30.4 Å². The highest BCUT2D eigenvalue weighted by molar-refractivity contribution is 6.30. The van der Waals surface area contributed by atoms with Crippen LogP contribution < -0.4 is 20.9 Å². The van der Waals surface area contributed by atoms with Gasteiger partial charge in [-0.2, -0.15) is 0 Å². The number of pyridine rings is 2. The highest BCUT2D eigenvalue weighted by atomic mass is 35.5. The lowest BCUT2D eigenvalue weighted by Crippen LogP contribution is -2.64. The van der Waals surface area contributed by atoms with Gasteiger partial charge in [-0.25, -0.2) is 18.2 Å². The number of nitrogens with zero attached hydrogens (tertiary/aromatic N) is 4. The number of hydrogen-bond donors (Lipinski definition) is 2. The van der Waals surface area contributed by atoms with E-state index in [9.17, 15) is 22.8 Å². The van der Waals surface area contributed by atoms with E-state index in [0.29, 0.717) is 56.7 Å². The van der Waals surface area contributed by atoms with Gasteiger partial charge in [0.25, 0.3) is 12.3 Å². The minimum Gasteiger partial charge on any atom is -0.397 e. The molecule has 3 aromatic rings. The average Bonchev–Trinajstić information content (AvgIpc) is 3.16. The number of fused-ring (bicyclic) bond motifs is 2. The fourth-order valence-corrected chi connectivity index (χ4v) is 6.43. The quantitative estimate of drug-likeness (QED) is 0.428. The number of hydrogen-bond acceptors (Lipinski definition) is 6. The van der Waals surface area contributed by atoms with E-state index in [1.807, 2.05) is 11.0 Å². The first kappa shape index (κ1) is 27.3. The van der Waals surface area contributed by atoms with Gasteiger partial charge in [-0.05, 0) is 67.5 Å². The van der Waals surface area contributed by atoms with Gasteiger partial charge in [0.15, 0.2) is 0 Å². The molecule has 4 heterocycles. The van der Waals surface area contributed by atoms with E-state index in [4.69, 9.17) is 17.3 Å². The zero-order valence-corrected chi connectivity index (χ0v) is 22.8. The molecule has 2 fully saturated rings. The average molecular weight is 585 g/mol. The van der Waals surface area contributed by atoms with Crippen LogP contribution in [0.3, 0.4) is 0 Å². The van der Waals surface area contributed by atoms with Crippen molar-refractivity contribution in [1.29, 1.82) is 0 Å². The largest absolute Gasteiger partial charge is 0.397 e. The predicted octanol–water partition coefficient (Wildman–Crippen LogP) is 4.88. The number of amides is 2. The van der Waals surface area contributed by atoms with Crippen molar-refractivity contribution in [3.63, 3.8) is 0 Å². The lowest BCUT2D eigenvalue weighted by Gasteiger charge is -2.47.